The van der Waals surface area contributed by atoms with Crippen LogP contribution < -0.4 is 0 Å². The summed E-state index contributed by atoms with van der Waals surface area (Å²) >= 11 is 0. The number of benzene rings is 1. The van der Waals surface area contributed by atoms with E-state index in [2.05, 4.69) is 4.74 Å². The van der Waals surface area contributed by atoms with E-state index in [0.717, 1.165) is 24.0 Å². The van der Waals surface area contributed by atoms with Gasteiger partial charge in [-0.25, -0.2) is 0 Å². The van der Waals surface area contributed by atoms with Crippen molar-refractivity contribution in [3.63, 3.8) is 0 Å². The van der Waals surface area contributed by atoms with Crippen LogP contribution in [0.2, 0.25) is 0 Å². The molecule has 0 fully saturated rings. The zero-order valence-electron chi connectivity index (χ0n) is 11.5. The Balaban J connectivity index is 2.61. The number of carbonyl (C=O) groups excluding carboxylic acids is 2. The average molecular weight is 264 g/mol. The van der Waals surface area contributed by atoms with Gasteiger partial charge in [0.2, 0.25) is 0 Å². The number of unbranched alkanes of at least 4 members (excludes halogenated alkanes) is 1. The van der Waals surface area contributed by atoms with Crippen molar-refractivity contribution in [2.45, 2.75) is 32.6 Å². The lowest BCUT2D eigenvalue weighted by Gasteiger charge is -2.08. The van der Waals surface area contributed by atoms with Crippen LogP contribution in [0.15, 0.2) is 24.3 Å². The number of esters is 2. The lowest BCUT2D eigenvalue weighted by molar-refractivity contribution is -0.143. The molecule has 0 amide bonds. The van der Waals surface area contributed by atoms with E-state index in [1.807, 2.05) is 31.2 Å². The summed E-state index contributed by atoms with van der Waals surface area (Å²) in [5, 5.41) is 0. The zero-order valence-corrected chi connectivity index (χ0v) is 11.5. The lowest BCUT2D eigenvalue weighted by atomic mass is 10.0. The molecule has 0 aliphatic carbocycles. The highest BCUT2D eigenvalue weighted by molar-refractivity contribution is 5.76. The molecule has 0 spiro atoms. The van der Waals surface area contributed by atoms with Crippen LogP contribution in [0, 0.1) is 0 Å². The fourth-order valence-electron chi connectivity index (χ4n) is 1.67. The van der Waals surface area contributed by atoms with E-state index in [4.69, 9.17) is 4.74 Å². The Labute approximate surface area is 113 Å². The first-order valence-electron chi connectivity index (χ1n) is 6.46. The molecule has 0 bridgehead atoms. The van der Waals surface area contributed by atoms with Gasteiger partial charge in [-0.2, -0.15) is 0 Å². The van der Waals surface area contributed by atoms with Crippen molar-refractivity contribution in [1.82, 2.24) is 0 Å². The molecule has 0 atom stereocenters. The monoisotopic (exact) mass is 264 g/mol. The number of methoxy groups -OCH3 is 1. The predicted octanol–water partition coefficient (Wildman–Crippen LogP) is 2.29. The molecule has 1 aromatic rings. The SMILES string of the molecule is CCCCOC(=O)Cc1ccccc1CC(=O)OC. The van der Waals surface area contributed by atoms with Crippen molar-refractivity contribution >= 4 is 11.9 Å². The van der Waals surface area contributed by atoms with Gasteiger partial charge in [-0.15, -0.1) is 0 Å². The minimum atomic E-state index is -0.313. The van der Waals surface area contributed by atoms with Gasteiger partial charge in [0.1, 0.15) is 0 Å². The van der Waals surface area contributed by atoms with Crippen LogP contribution in [0.3, 0.4) is 0 Å². The third-order valence-electron chi connectivity index (χ3n) is 2.78. The van der Waals surface area contributed by atoms with Crippen LogP contribution in [0.1, 0.15) is 30.9 Å². The molecule has 1 rings (SSSR count). The molecule has 0 radical (unpaired) electrons. The lowest BCUT2D eigenvalue weighted by Crippen LogP contribution is -2.12. The van der Waals surface area contributed by atoms with Crippen molar-refractivity contribution in [2.75, 3.05) is 13.7 Å². The van der Waals surface area contributed by atoms with Gasteiger partial charge in [0.05, 0.1) is 26.6 Å². The van der Waals surface area contributed by atoms with Crippen LogP contribution in [-0.4, -0.2) is 25.7 Å². The summed E-state index contributed by atoms with van der Waals surface area (Å²) in [5.74, 6) is -0.572. The van der Waals surface area contributed by atoms with Crippen LogP contribution in [-0.2, 0) is 31.9 Å². The van der Waals surface area contributed by atoms with Gasteiger partial charge in [0.15, 0.2) is 0 Å². The fraction of sp³-hybridized carbons (Fsp3) is 0.467. The molecule has 0 heterocycles. The number of hydrogen-bond donors (Lipinski definition) is 0. The Kier molecular flexibility index (Phi) is 6.64. The van der Waals surface area contributed by atoms with Gasteiger partial charge in [-0.1, -0.05) is 37.6 Å². The second-order valence-electron chi connectivity index (χ2n) is 4.27. The summed E-state index contributed by atoms with van der Waals surface area (Å²) in [7, 11) is 1.35. The summed E-state index contributed by atoms with van der Waals surface area (Å²) in [6.07, 6.45) is 2.23. The Bertz CT molecular complexity index is 426. The second kappa shape index (κ2) is 8.29. The van der Waals surface area contributed by atoms with Crippen molar-refractivity contribution in [2.24, 2.45) is 0 Å². The molecule has 4 nitrogen and oxygen atoms in total. The summed E-state index contributed by atoms with van der Waals surface area (Å²) in [4.78, 5) is 22.9. The predicted molar refractivity (Wildman–Crippen MR) is 71.7 cm³/mol. The second-order valence-corrected chi connectivity index (χ2v) is 4.27. The molecule has 104 valence electrons. The van der Waals surface area contributed by atoms with Crippen LogP contribution >= 0.6 is 0 Å². The number of ether oxygens (including phenoxy) is 2. The Morgan fingerprint density at radius 1 is 1.05 bits per heavy atom. The topological polar surface area (TPSA) is 52.6 Å². The van der Waals surface area contributed by atoms with E-state index >= 15 is 0 Å². The summed E-state index contributed by atoms with van der Waals surface area (Å²) < 4.78 is 9.76. The first-order chi connectivity index (χ1) is 9.17. The summed E-state index contributed by atoms with van der Waals surface area (Å²) in [5.41, 5.74) is 1.62. The van der Waals surface area contributed by atoms with Crippen LogP contribution in [0.5, 0.6) is 0 Å². The highest BCUT2D eigenvalue weighted by Crippen LogP contribution is 2.12. The molecule has 4 heteroatoms. The van der Waals surface area contributed by atoms with Gasteiger partial charge in [0, 0.05) is 0 Å². The summed E-state index contributed by atoms with van der Waals surface area (Å²) in [6.45, 7) is 2.49. The largest absolute Gasteiger partial charge is 0.469 e. The highest BCUT2D eigenvalue weighted by Gasteiger charge is 2.11. The molecule has 0 saturated carbocycles. The minimum absolute atomic E-state index is 0.176. The molecule has 0 aromatic heterocycles. The number of rotatable bonds is 7. The van der Waals surface area contributed by atoms with E-state index in [9.17, 15) is 9.59 Å². The molecular weight excluding hydrogens is 244 g/mol. The number of carbonyl (C=O) groups is 2. The van der Waals surface area contributed by atoms with Gasteiger partial charge in [-0.05, 0) is 17.5 Å². The molecular formula is C15H20O4. The third-order valence-corrected chi connectivity index (χ3v) is 2.78. The Morgan fingerprint density at radius 3 is 2.16 bits per heavy atom. The number of hydrogen-bond acceptors (Lipinski definition) is 4. The maximum Gasteiger partial charge on any atom is 0.310 e. The van der Waals surface area contributed by atoms with E-state index in [1.165, 1.54) is 7.11 Å². The van der Waals surface area contributed by atoms with Crippen LogP contribution in [0.25, 0.3) is 0 Å². The normalized spacial score (nSPS) is 10.0. The van der Waals surface area contributed by atoms with E-state index in [-0.39, 0.29) is 24.8 Å². The molecule has 0 aliphatic rings. The molecule has 1 aromatic carbocycles. The van der Waals surface area contributed by atoms with Gasteiger partial charge in [0.25, 0.3) is 0 Å². The average Bonchev–Trinajstić information content (AvgIpc) is 2.41. The summed E-state index contributed by atoms with van der Waals surface area (Å²) in [6, 6.07) is 7.34. The standard InChI is InChI=1S/C15H20O4/c1-3-4-9-19-15(17)11-13-8-6-5-7-12(13)10-14(16)18-2/h5-8H,3-4,9-11H2,1-2H3. The van der Waals surface area contributed by atoms with Crippen molar-refractivity contribution in [1.29, 1.82) is 0 Å². The van der Waals surface area contributed by atoms with Gasteiger partial charge in [-0.3, -0.25) is 9.59 Å². The highest BCUT2D eigenvalue weighted by atomic mass is 16.5. The first-order valence-corrected chi connectivity index (χ1v) is 6.46. The molecule has 0 N–H and O–H groups in total. The van der Waals surface area contributed by atoms with Crippen LogP contribution in [0.4, 0.5) is 0 Å². The fourth-order valence-corrected chi connectivity index (χ4v) is 1.67. The first kappa shape index (κ1) is 15.2. The van der Waals surface area contributed by atoms with E-state index in [1.54, 1.807) is 0 Å². The maximum absolute atomic E-state index is 11.7. The van der Waals surface area contributed by atoms with E-state index < -0.39 is 0 Å². The Hall–Kier alpha value is -1.84. The third kappa shape index (κ3) is 5.55. The quantitative estimate of drug-likeness (QED) is 0.560. The minimum Gasteiger partial charge on any atom is -0.469 e. The van der Waals surface area contributed by atoms with E-state index in [0.29, 0.717) is 6.61 Å². The molecule has 0 aliphatic heterocycles. The van der Waals surface area contributed by atoms with Crippen molar-refractivity contribution < 1.29 is 19.1 Å². The van der Waals surface area contributed by atoms with Gasteiger partial charge >= 0.3 is 11.9 Å². The zero-order chi connectivity index (χ0) is 14.1. The molecule has 19 heavy (non-hydrogen) atoms. The smallest absolute Gasteiger partial charge is 0.310 e. The maximum atomic E-state index is 11.7. The molecule has 0 unspecified atom stereocenters. The van der Waals surface area contributed by atoms with Gasteiger partial charge < -0.3 is 9.47 Å². The Morgan fingerprint density at radius 2 is 1.63 bits per heavy atom. The molecule has 0 saturated heterocycles. The van der Waals surface area contributed by atoms with Crippen molar-refractivity contribution in [3.05, 3.63) is 35.4 Å². The van der Waals surface area contributed by atoms with Crippen molar-refractivity contribution in [3.8, 4) is 0 Å².